The number of hydrogen-bond donors (Lipinski definition) is 0. The molecule has 2 aliphatic rings. The summed E-state index contributed by atoms with van der Waals surface area (Å²) in [6.45, 7) is 3.06. The van der Waals surface area contributed by atoms with E-state index in [4.69, 9.17) is 4.74 Å². The van der Waals surface area contributed by atoms with E-state index in [2.05, 4.69) is 4.99 Å². The topological polar surface area (TPSA) is 41.9 Å². The van der Waals surface area contributed by atoms with Crippen molar-refractivity contribution in [3.63, 3.8) is 0 Å². The van der Waals surface area contributed by atoms with E-state index in [1.54, 1.807) is 6.20 Å². The summed E-state index contributed by atoms with van der Waals surface area (Å²) in [5, 5.41) is 0. The molecule has 1 saturated heterocycles. The van der Waals surface area contributed by atoms with Gasteiger partial charge in [0.25, 0.3) is 0 Å². The van der Waals surface area contributed by atoms with Crippen LogP contribution in [0, 0.1) is 0 Å². The molecule has 1 atom stereocenters. The number of nitrogens with zero attached hydrogens (tertiary/aromatic N) is 2. The predicted octanol–water partition coefficient (Wildman–Crippen LogP) is 0.940. The largest absolute Gasteiger partial charge is 0.464 e. The Kier molecular flexibility index (Phi) is 2.52. The highest BCUT2D eigenvalue weighted by Gasteiger charge is 2.35. The van der Waals surface area contributed by atoms with E-state index in [0.717, 1.165) is 25.2 Å². The second-order valence-corrected chi connectivity index (χ2v) is 3.39. The number of fused-ring (bicyclic) bond motifs is 1. The second kappa shape index (κ2) is 3.82. The third kappa shape index (κ3) is 1.52. The molecule has 76 valence electrons. The molecule has 1 unspecified atom stereocenters. The summed E-state index contributed by atoms with van der Waals surface area (Å²) in [4.78, 5) is 17.8. The van der Waals surface area contributed by atoms with Gasteiger partial charge < -0.3 is 9.64 Å². The van der Waals surface area contributed by atoms with E-state index >= 15 is 0 Å². The van der Waals surface area contributed by atoms with Crippen LogP contribution in [0.1, 0.15) is 19.8 Å². The second-order valence-electron chi connectivity index (χ2n) is 3.39. The van der Waals surface area contributed by atoms with Crippen LogP contribution in [-0.4, -0.2) is 35.9 Å². The maximum Gasteiger partial charge on any atom is 0.328 e. The summed E-state index contributed by atoms with van der Waals surface area (Å²) < 4.78 is 5.02. The fourth-order valence-corrected chi connectivity index (χ4v) is 1.90. The molecule has 0 N–H and O–H groups in total. The third-order valence-corrected chi connectivity index (χ3v) is 2.54. The minimum absolute atomic E-state index is 0.112. The molecule has 2 rings (SSSR count). The molecule has 0 bridgehead atoms. The molecule has 0 aromatic heterocycles. The maximum atomic E-state index is 11.6. The van der Waals surface area contributed by atoms with Crippen LogP contribution in [0.5, 0.6) is 0 Å². The van der Waals surface area contributed by atoms with Crippen molar-refractivity contribution in [3.8, 4) is 0 Å². The van der Waals surface area contributed by atoms with Crippen molar-refractivity contribution >= 4 is 11.8 Å². The molecule has 0 aliphatic carbocycles. The normalized spacial score (nSPS) is 24.5. The average molecular weight is 194 g/mol. The fraction of sp³-hybridized carbons (Fsp3) is 0.600. The number of rotatable bonds is 2. The van der Waals surface area contributed by atoms with Gasteiger partial charge in [0.05, 0.1) is 6.61 Å². The van der Waals surface area contributed by atoms with E-state index in [0.29, 0.717) is 6.61 Å². The zero-order valence-electron chi connectivity index (χ0n) is 8.27. The number of carbonyl (C=O) groups excluding carboxylic acids is 1. The van der Waals surface area contributed by atoms with Gasteiger partial charge in [-0.25, -0.2) is 9.79 Å². The van der Waals surface area contributed by atoms with E-state index in [9.17, 15) is 4.79 Å². The fourth-order valence-electron chi connectivity index (χ4n) is 1.90. The van der Waals surface area contributed by atoms with Crippen LogP contribution in [0.2, 0.25) is 0 Å². The summed E-state index contributed by atoms with van der Waals surface area (Å²) in [6.07, 6.45) is 5.48. The quantitative estimate of drug-likeness (QED) is 0.614. The highest BCUT2D eigenvalue weighted by atomic mass is 16.5. The van der Waals surface area contributed by atoms with Gasteiger partial charge in [-0.05, 0) is 19.4 Å². The monoisotopic (exact) mass is 194 g/mol. The molecular formula is C10H14N2O2. The molecule has 0 aromatic carbocycles. The van der Waals surface area contributed by atoms with Crippen molar-refractivity contribution in [1.82, 2.24) is 4.90 Å². The van der Waals surface area contributed by atoms with Crippen molar-refractivity contribution in [1.29, 1.82) is 0 Å². The molecule has 1 fully saturated rings. The number of amidine groups is 1. The first-order valence-corrected chi connectivity index (χ1v) is 4.98. The molecule has 4 heteroatoms. The van der Waals surface area contributed by atoms with Crippen LogP contribution >= 0.6 is 0 Å². The summed E-state index contributed by atoms with van der Waals surface area (Å²) in [5.74, 6) is 0.901. The Balaban J connectivity index is 2.06. The van der Waals surface area contributed by atoms with Crippen LogP contribution < -0.4 is 0 Å². The minimum Gasteiger partial charge on any atom is -0.464 e. The smallest absolute Gasteiger partial charge is 0.328 e. The van der Waals surface area contributed by atoms with Gasteiger partial charge >= 0.3 is 5.97 Å². The zero-order valence-corrected chi connectivity index (χ0v) is 8.27. The lowest BCUT2D eigenvalue weighted by Gasteiger charge is -2.25. The number of esters is 1. The lowest BCUT2D eigenvalue weighted by Crippen LogP contribution is -2.40. The Hall–Kier alpha value is -1.32. The highest BCUT2D eigenvalue weighted by Crippen LogP contribution is 2.22. The lowest BCUT2D eigenvalue weighted by molar-refractivity contribution is -0.147. The lowest BCUT2D eigenvalue weighted by atomic mass is 10.2. The van der Waals surface area contributed by atoms with Crippen molar-refractivity contribution in [2.75, 3.05) is 13.2 Å². The Morgan fingerprint density at radius 3 is 3.43 bits per heavy atom. The van der Waals surface area contributed by atoms with E-state index in [1.165, 1.54) is 0 Å². The summed E-state index contributed by atoms with van der Waals surface area (Å²) in [5.41, 5.74) is 0. The first-order valence-electron chi connectivity index (χ1n) is 4.98. The predicted molar refractivity (Wildman–Crippen MR) is 52.9 cm³/mol. The summed E-state index contributed by atoms with van der Waals surface area (Å²) >= 11 is 0. The average Bonchev–Trinajstić information content (AvgIpc) is 2.61. The molecule has 0 spiro atoms. The molecule has 0 radical (unpaired) electrons. The van der Waals surface area contributed by atoms with E-state index in [1.807, 2.05) is 17.9 Å². The van der Waals surface area contributed by atoms with Crippen LogP contribution in [0.3, 0.4) is 0 Å². The van der Waals surface area contributed by atoms with Crippen molar-refractivity contribution < 1.29 is 9.53 Å². The highest BCUT2D eigenvalue weighted by molar-refractivity contribution is 5.92. The SMILES string of the molecule is CCOC(=O)C1CCC2=NC=CCN21. The summed E-state index contributed by atoms with van der Waals surface area (Å²) in [6, 6.07) is -0.112. The van der Waals surface area contributed by atoms with Crippen LogP contribution in [0.25, 0.3) is 0 Å². The van der Waals surface area contributed by atoms with Gasteiger partial charge in [-0.15, -0.1) is 0 Å². The van der Waals surface area contributed by atoms with Crippen molar-refractivity contribution in [2.45, 2.75) is 25.8 Å². The minimum atomic E-state index is -0.118. The molecule has 14 heavy (non-hydrogen) atoms. The number of aliphatic imine (C=N–C) groups is 1. The standard InChI is InChI=1S/C10H14N2O2/c1-2-14-10(13)8-4-5-9-11-6-3-7-12(8)9/h3,6,8H,2,4-5,7H2,1H3. The van der Waals surface area contributed by atoms with E-state index < -0.39 is 0 Å². The molecule has 2 aliphatic heterocycles. The zero-order chi connectivity index (χ0) is 9.97. The molecule has 4 nitrogen and oxygen atoms in total. The summed E-state index contributed by atoms with van der Waals surface area (Å²) in [7, 11) is 0. The number of hydrogen-bond acceptors (Lipinski definition) is 4. The van der Waals surface area contributed by atoms with Gasteiger partial charge in [-0.1, -0.05) is 0 Å². The molecular weight excluding hydrogens is 180 g/mol. The Bertz CT molecular complexity index is 296. The van der Waals surface area contributed by atoms with Gasteiger partial charge in [0.1, 0.15) is 11.9 Å². The van der Waals surface area contributed by atoms with Gasteiger partial charge in [0, 0.05) is 19.2 Å². The van der Waals surface area contributed by atoms with Crippen LogP contribution in [0.15, 0.2) is 17.3 Å². The molecule has 0 amide bonds. The van der Waals surface area contributed by atoms with Gasteiger partial charge in [-0.3, -0.25) is 0 Å². The van der Waals surface area contributed by atoms with Gasteiger partial charge in [-0.2, -0.15) is 0 Å². The van der Waals surface area contributed by atoms with Crippen molar-refractivity contribution in [3.05, 3.63) is 12.3 Å². The van der Waals surface area contributed by atoms with Crippen LogP contribution in [-0.2, 0) is 9.53 Å². The van der Waals surface area contributed by atoms with Gasteiger partial charge in [0.2, 0.25) is 0 Å². The van der Waals surface area contributed by atoms with Crippen LogP contribution in [0.4, 0.5) is 0 Å². The molecule has 2 heterocycles. The third-order valence-electron chi connectivity index (χ3n) is 2.54. The van der Waals surface area contributed by atoms with Crippen molar-refractivity contribution in [2.24, 2.45) is 4.99 Å². The number of carbonyl (C=O) groups is 1. The Morgan fingerprint density at radius 1 is 1.79 bits per heavy atom. The maximum absolute atomic E-state index is 11.6. The molecule has 0 saturated carbocycles. The van der Waals surface area contributed by atoms with E-state index in [-0.39, 0.29) is 12.0 Å². The first-order chi connectivity index (χ1) is 6.83. The molecule has 0 aromatic rings. The Labute approximate surface area is 83.3 Å². The van der Waals surface area contributed by atoms with Gasteiger partial charge in [0.15, 0.2) is 0 Å². The Morgan fingerprint density at radius 2 is 2.64 bits per heavy atom. The first kappa shape index (κ1) is 9.24. The number of ether oxygens (including phenoxy) is 1.